The minimum atomic E-state index is -3.82. The second-order valence-electron chi connectivity index (χ2n) is 5.72. The van der Waals surface area contributed by atoms with Gasteiger partial charge in [-0.15, -0.1) is 0 Å². The van der Waals surface area contributed by atoms with Crippen molar-refractivity contribution in [1.82, 2.24) is 5.32 Å². The molecule has 0 spiro atoms. The summed E-state index contributed by atoms with van der Waals surface area (Å²) in [5, 5.41) is 2.40. The van der Waals surface area contributed by atoms with E-state index >= 15 is 0 Å². The molecule has 1 heterocycles. The summed E-state index contributed by atoms with van der Waals surface area (Å²) in [4.78, 5) is 12.5. The number of benzene rings is 2. The van der Waals surface area contributed by atoms with Crippen LogP contribution in [0.1, 0.15) is 21.4 Å². The molecule has 1 atom stereocenters. The lowest BCUT2D eigenvalue weighted by atomic mass is 10.2. The van der Waals surface area contributed by atoms with Crippen LogP contribution in [0.25, 0.3) is 0 Å². The Morgan fingerprint density at radius 2 is 1.74 bits per heavy atom. The molecule has 5 nitrogen and oxygen atoms in total. The third kappa shape index (κ3) is 4.53. The Morgan fingerprint density at radius 1 is 1.00 bits per heavy atom. The second-order valence-corrected chi connectivity index (χ2v) is 8.73. The molecule has 1 N–H and O–H groups in total. The summed E-state index contributed by atoms with van der Waals surface area (Å²) in [7, 11) is -3.82. The molecule has 0 fully saturated rings. The molecule has 0 unspecified atom stereocenters. The van der Waals surface area contributed by atoms with Gasteiger partial charge in [0.1, 0.15) is 11.0 Å². The molecule has 140 valence electrons. The van der Waals surface area contributed by atoms with Crippen molar-refractivity contribution in [3.63, 3.8) is 0 Å². The van der Waals surface area contributed by atoms with E-state index in [-0.39, 0.29) is 17.2 Å². The molecule has 27 heavy (non-hydrogen) atoms. The fraction of sp³-hybridized carbons (Fsp3) is 0.105. The van der Waals surface area contributed by atoms with Gasteiger partial charge in [-0.1, -0.05) is 29.3 Å². The van der Waals surface area contributed by atoms with Crippen molar-refractivity contribution in [2.24, 2.45) is 0 Å². The molecule has 1 aromatic heterocycles. The number of amides is 1. The molecule has 1 amide bonds. The number of furan rings is 1. The number of carbonyl (C=O) groups is 1. The van der Waals surface area contributed by atoms with Crippen molar-refractivity contribution in [2.75, 3.05) is 6.54 Å². The van der Waals surface area contributed by atoms with Crippen molar-refractivity contribution in [3.8, 4) is 0 Å². The topological polar surface area (TPSA) is 76.4 Å². The molecule has 8 heteroatoms. The van der Waals surface area contributed by atoms with Crippen molar-refractivity contribution in [1.29, 1.82) is 0 Å². The zero-order valence-electron chi connectivity index (χ0n) is 13.9. The highest BCUT2D eigenvalue weighted by molar-refractivity contribution is 7.91. The first kappa shape index (κ1) is 19.5. The molecule has 0 radical (unpaired) electrons. The number of nitrogens with one attached hydrogen (secondary N) is 1. The summed E-state index contributed by atoms with van der Waals surface area (Å²) in [5.41, 5.74) is 0.338. The molecule has 0 aliphatic carbocycles. The Hall–Kier alpha value is -2.28. The van der Waals surface area contributed by atoms with Crippen LogP contribution < -0.4 is 5.32 Å². The van der Waals surface area contributed by atoms with Gasteiger partial charge in [-0.05, 0) is 54.6 Å². The number of sulfone groups is 1. The van der Waals surface area contributed by atoms with Gasteiger partial charge in [-0.3, -0.25) is 4.79 Å². The fourth-order valence-electron chi connectivity index (χ4n) is 2.54. The third-order valence-electron chi connectivity index (χ3n) is 3.91. The maximum atomic E-state index is 13.1. The summed E-state index contributed by atoms with van der Waals surface area (Å²) < 4.78 is 31.4. The van der Waals surface area contributed by atoms with Crippen molar-refractivity contribution >= 4 is 38.9 Å². The van der Waals surface area contributed by atoms with Crippen molar-refractivity contribution in [3.05, 3.63) is 88.3 Å². The monoisotopic (exact) mass is 423 g/mol. The Labute approximate surface area is 166 Å². The smallest absolute Gasteiger partial charge is 0.251 e. The first-order chi connectivity index (χ1) is 12.9. The van der Waals surface area contributed by atoms with E-state index in [1.54, 1.807) is 30.3 Å². The third-order valence-corrected chi connectivity index (χ3v) is 6.48. The normalized spacial score (nSPS) is 12.5. The van der Waals surface area contributed by atoms with E-state index in [2.05, 4.69) is 5.32 Å². The largest absolute Gasteiger partial charge is 0.468 e. The Kier molecular flexibility index (Phi) is 5.89. The molecular formula is C19H15Cl2NO4S. The van der Waals surface area contributed by atoms with Crippen LogP contribution in [0.5, 0.6) is 0 Å². The van der Waals surface area contributed by atoms with E-state index in [1.165, 1.54) is 36.6 Å². The number of hydrogen-bond acceptors (Lipinski definition) is 4. The molecule has 0 bridgehead atoms. The lowest BCUT2D eigenvalue weighted by molar-refractivity contribution is 0.0953. The summed E-state index contributed by atoms with van der Waals surface area (Å²) in [6.07, 6.45) is 1.39. The van der Waals surface area contributed by atoms with Crippen molar-refractivity contribution < 1.29 is 17.6 Å². The van der Waals surface area contributed by atoms with E-state index in [1.807, 2.05) is 0 Å². The van der Waals surface area contributed by atoms with Gasteiger partial charge in [-0.2, -0.15) is 0 Å². The average molecular weight is 424 g/mol. The maximum Gasteiger partial charge on any atom is 0.251 e. The molecule has 2 aromatic carbocycles. The minimum Gasteiger partial charge on any atom is -0.468 e. The van der Waals surface area contributed by atoms with Crippen LogP contribution in [0.2, 0.25) is 10.0 Å². The van der Waals surface area contributed by atoms with E-state index in [0.29, 0.717) is 15.6 Å². The summed E-state index contributed by atoms with van der Waals surface area (Å²) in [5.74, 6) is -0.197. The quantitative estimate of drug-likeness (QED) is 0.631. The van der Waals surface area contributed by atoms with Crippen LogP contribution in [0, 0.1) is 0 Å². The van der Waals surface area contributed by atoms with E-state index in [0.717, 1.165) is 0 Å². The minimum absolute atomic E-state index is 0.0882. The summed E-state index contributed by atoms with van der Waals surface area (Å²) >= 11 is 11.7. The second kappa shape index (κ2) is 8.17. The lowest BCUT2D eigenvalue weighted by Gasteiger charge is -2.17. The van der Waals surface area contributed by atoms with Crippen LogP contribution in [0.4, 0.5) is 0 Å². The van der Waals surface area contributed by atoms with Crippen LogP contribution >= 0.6 is 23.2 Å². The first-order valence-electron chi connectivity index (χ1n) is 7.94. The number of carbonyl (C=O) groups excluding carboxylic acids is 1. The lowest BCUT2D eigenvalue weighted by Crippen LogP contribution is -2.31. The molecule has 0 saturated carbocycles. The highest BCUT2D eigenvalue weighted by Crippen LogP contribution is 2.29. The molecule has 0 aliphatic rings. The Balaban J connectivity index is 1.86. The van der Waals surface area contributed by atoms with Crippen LogP contribution in [0.15, 0.2) is 76.2 Å². The zero-order valence-corrected chi connectivity index (χ0v) is 16.3. The first-order valence-corrected chi connectivity index (χ1v) is 10.2. The van der Waals surface area contributed by atoms with Gasteiger partial charge < -0.3 is 9.73 Å². The van der Waals surface area contributed by atoms with E-state index < -0.39 is 21.0 Å². The van der Waals surface area contributed by atoms with Gasteiger partial charge in [-0.25, -0.2) is 8.42 Å². The van der Waals surface area contributed by atoms with Crippen molar-refractivity contribution in [2.45, 2.75) is 10.1 Å². The summed E-state index contributed by atoms with van der Waals surface area (Å²) in [6, 6.07) is 15.4. The van der Waals surface area contributed by atoms with Gasteiger partial charge >= 0.3 is 0 Å². The van der Waals surface area contributed by atoms with Crippen LogP contribution in [-0.4, -0.2) is 20.9 Å². The van der Waals surface area contributed by atoms with Gasteiger partial charge in [0, 0.05) is 22.2 Å². The number of hydrogen-bond donors (Lipinski definition) is 1. The predicted molar refractivity (Wildman–Crippen MR) is 104 cm³/mol. The Bertz CT molecular complexity index is 1030. The van der Waals surface area contributed by atoms with E-state index in [4.69, 9.17) is 27.6 Å². The van der Waals surface area contributed by atoms with Gasteiger partial charge in [0.2, 0.25) is 0 Å². The molecular weight excluding hydrogens is 409 g/mol. The highest BCUT2D eigenvalue weighted by Gasteiger charge is 2.32. The van der Waals surface area contributed by atoms with E-state index in [9.17, 15) is 13.2 Å². The van der Waals surface area contributed by atoms with Gasteiger partial charge in [0.15, 0.2) is 9.84 Å². The van der Waals surface area contributed by atoms with Crippen LogP contribution in [0.3, 0.4) is 0 Å². The summed E-state index contributed by atoms with van der Waals surface area (Å²) in [6.45, 7) is -0.163. The highest BCUT2D eigenvalue weighted by atomic mass is 35.5. The maximum absolute atomic E-state index is 13.1. The fourth-order valence-corrected chi connectivity index (χ4v) is 4.45. The Morgan fingerprint density at radius 3 is 2.37 bits per heavy atom. The average Bonchev–Trinajstić information content (AvgIpc) is 3.16. The van der Waals surface area contributed by atoms with Crippen LogP contribution in [-0.2, 0) is 9.84 Å². The zero-order chi connectivity index (χ0) is 19.4. The molecule has 0 saturated heterocycles. The molecule has 0 aliphatic heterocycles. The molecule has 3 aromatic rings. The predicted octanol–water partition coefficient (Wildman–Crippen LogP) is 4.53. The number of rotatable bonds is 6. The van der Waals surface area contributed by atoms with Gasteiger partial charge in [0.05, 0.1) is 11.2 Å². The SMILES string of the molecule is O=C(NC[C@@H](c1ccco1)S(=O)(=O)c1ccc(Cl)cc1)c1cccc(Cl)c1. The van der Waals surface area contributed by atoms with Gasteiger partial charge in [0.25, 0.3) is 5.91 Å². The standard InChI is InChI=1S/C19H15Cl2NO4S/c20-14-6-8-16(9-7-14)27(24,25)18(17-5-2-10-26-17)12-22-19(23)13-3-1-4-15(21)11-13/h1-11,18H,12H2,(H,22,23)/t18-/m0/s1. The number of halogens is 2. The molecule has 3 rings (SSSR count).